The topological polar surface area (TPSA) is 71.1 Å². The van der Waals surface area contributed by atoms with Crippen LogP contribution in [0.3, 0.4) is 0 Å². The summed E-state index contributed by atoms with van der Waals surface area (Å²) in [6, 6.07) is 5.84. The molecule has 25 heavy (non-hydrogen) atoms. The van der Waals surface area contributed by atoms with Crippen LogP contribution in [0.15, 0.2) is 23.6 Å². The third kappa shape index (κ3) is 4.45. The SMILES string of the molecule is Cc1cccc(NC(=O)Cc2csc(NC(=O)C3CCCC3)n2)c1C. The van der Waals surface area contributed by atoms with Gasteiger partial charge in [0.15, 0.2) is 5.13 Å². The Labute approximate surface area is 151 Å². The van der Waals surface area contributed by atoms with Crippen molar-refractivity contribution >= 4 is 34.0 Å². The van der Waals surface area contributed by atoms with Crippen LogP contribution in [0.5, 0.6) is 0 Å². The molecule has 132 valence electrons. The van der Waals surface area contributed by atoms with Crippen LogP contribution in [0.2, 0.25) is 0 Å². The lowest BCUT2D eigenvalue weighted by Crippen LogP contribution is -2.20. The standard InChI is InChI=1S/C19H23N3O2S/c1-12-6-5-9-16(13(12)2)21-17(23)10-15-11-25-19(20-15)22-18(24)14-7-3-4-8-14/h5-6,9,11,14H,3-4,7-8,10H2,1-2H3,(H,21,23)(H,20,22,24). The Balaban J connectivity index is 1.56. The van der Waals surface area contributed by atoms with Crippen molar-refractivity contribution < 1.29 is 9.59 Å². The van der Waals surface area contributed by atoms with Gasteiger partial charge in [0, 0.05) is 17.0 Å². The van der Waals surface area contributed by atoms with E-state index < -0.39 is 0 Å². The van der Waals surface area contributed by atoms with Crippen LogP contribution >= 0.6 is 11.3 Å². The first kappa shape index (κ1) is 17.6. The van der Waals surface area contributed by atoms with Gasteiger partial charge in [-0.15, -0.1) is 11.3 Å². The number of aryl methyl sites for hydroxylation is 1. The van der Waals surface area contributed by atoms with Crippen LogP contribution < -0.4 is 10.6 Å². The normalized spacial score (nSPS) is 14.5. The third-order valence-electron chi connectivity index (χ3n) is 4.73. The molecule has 1 aromatic carbocycles. The molecule has 0 aliphatic heterocycles. The monoisotopic (exact) mass is 357 g/mol. The first-order valence-corrected chi connectivity index (χ1v) is 9.52. The fraction of sp³-hybridized carbons (Fsp3) is 0.421. The lowest BCUT2D eigenvalue weighted by Gasteiger charge is -2.09. The molecule has 1 aliphatic rings. The Hall–Kier alpha value is -2.21. The molecule has 1 heterocycles. The second-order valence-corrected chi connectivity index (χ2v) is 7.45. The molecule has 2 aromatic rings. The van der Waals surface area contributed by atoms with E-state index in [9.17, 15) is 9.59 Å². The van der Waals surface area contributed by atoms with Crippen molar-refractivity contribution in [1.29, 1.82) is 0 Å². The van der Waals surface area contributed by atoms with Gasteiger partial charge in [0.1, 0.15) is 0 Å². The van der Waals surface area contributed by atoms with Crippen LogP contribution in [0.1, 0.15) is 42.5 Å². The summed E-state index contributed by atoms with van der Waals surface area (Å²) in [7, 11) is 0. The van der Waals surface area contributed by atoms with Gasteiger partial charge in [-0.2, -0.15) is 0 Å². The summed E-state index contributed by atoms with van der Waals surface area (Å²) in [5.74, 6) is 0.0610. The molecule has 0 unspecified atom stereocenters. The number of hydrogen-bond donors (Lipinski definition) is 2. The van der Waals surface area contributed by atoms with Crippen molar-refractivity contribution in [3.05, 3.63) is 40.4 Å². The van der Waals surface area contributed by atoms with Gasteiger partial charge in [-0.05, 0) is 43.9 Å². The Morgan fingerprint density at radius 2 is 1.96 bits per heavy atom. The molecule has 0 radical (unpaired) electrons. The quantitative estimate of drug-likeness (QED) is 0.847. The van der Waals surface area contributed by atoms with Gasteiger partial charge < -0.3 is 10.6 Å². The fourth-order valence-corrected chi connectivity index (χ4v) is 3.80. The molecule has 1 aromatic heterocycles. The van der Waals surface area contributed by atoms with E-state index >= 15 is 0 Å². The van der Waals surface area contributed by atoms with Crippen molar-refractivity contribution in [2.24, 2.45) is 5.92 Å². The predicted octanol–water partition coefficient (Wildman–Crippen LogP) is 4.07. The highest BCUT2D eigenvalue weighted by molar-refractivity contribution is 7.13. The zero-order valence-electron chi connectivity index (χ0n) is 14.6. The van der Waals surface area contributed by atoms with Crippen molar-refractivity contribution in [1.82, 2.24) is 4.98 Å². The number of aromatic nitrogens is 1. The minimum absolute atomic E-state index is 0.0539. The molecule has 6 heteroatoms. The minimum Gasteiger partial charge on any atom is -0.325 e. The molecule has 0 saturated heterocycles. The van der Waals surface area contributed by atoms with Crippen LogP contribution in [0.4, 0.5) is 10.8 Å². The molecule has 2 N–H and O–H groups in total. The van der Waals surface area contributed by atoms with Gasteiger partial charge in [-0.25, -0.2) is 4.98 Å². The number of thiazole rings is 1. The summed E-state index contributed by atoms with van der Waals surface area (Å²) in [5, 5.41) is 8.21. The summed E-state index contributed by atoms with van der Waals surface area (Å²) in [6.45, 7) is 4.01. The summed E-state index contributed by atoms with van der Waals surface area (Å²) in [4.78, 5) is 28.8. The molecular formula is C19H23N3O2S. The van der Waals surface area contributed by atoms with E-state index in [1.807, 2.05) is 37.4 Å². The zero-order chi connectivity index (χ0) is 17.8. The summed E-state index contributed by atoms with van der Waals surface area (Å²) >= 11 is 1.37. The van der Waals surface area contributed by atoms with Gasteiger partial charge in [-0.3, -0.25) is 9.59 Å². The number of benzene rings is 1. The van der Waals surface area contributed by atoms with Crippen molar-refractivity contribution in [3.8, 4) is 0 Å². The molecule has 0 spiro atoms. The second-order valence-electron chi connectivity index (χ2n) is 6.59. The molecule has 3 rings (SSSR count). The van der Waals surface area contributed by atoms with Gasteiger partial charge in [-0.1, -0.05) is 25.0 Å². The Bertz CT molecular complexity index is 779. The maximum atomic E-state index is 12.3. The van der Waals surface area contributed by atoms with Crippen molar-refractivity contribution in [3.63, 3.8) is 0 Å². The lowest BCUT2D eigenvalue weighted by atomic mass is 10.1. The maximum Gasteiger partial charge on any atom is 0.230 e. The van der Waals surface area contributed by atoms with Crippen molar-refractivity contribution in [2.45, 2.75) is 46.0 Å². The fourth-order valence-electron chi connectivity index (χ4n) is 3.09. The van der Waals surface area contributed by atoms with E-state index in [-0.39, 0.29) is 24.2 Å². The highest BCUT2D eigenvalue weighted by Crippen LogP contribution is 2.27. The molecular weight excluding hydrogens is 334 g/mol. The van der Waals surface area contributed by atoms with E-state index in [0.717, 1.165) is 42.5 Å². The largest absolute Gasteiger partial charge is 0.325 e. The minimum atomic E-state index is -0.104. The van der Waals surface area contributed by atoms with Gasteiger partial charge in [0.25, 0.3) is 0 Å². The van der Waals surface area contributed by atoms with E-state index in [4.69, 9.17) is 0 Å². The van der Waals surface area contributed by atoms with Gasteiger partial charge >= 0.3 is 0 Å². The molecule has 5 nitrogen and oxygen atoms in total. The number of anilines is 2. The highest BCUT2D eigenvalue weighted by Gasteiger charge is 2.23. The van der Waals surface area contributed by atoms with Crippen LogP contribution in [0.25, 0.3) is 0 Å². The predicted molar refractivity (Wildman–Crippen MR) is 101 cm³/mol. The Morgan fingerprint density at radius 1 is 1.20 bits per heavy atom. The van der Waals surface area contributed by atoms with E-state index in [0.29, 0.717) is 10.8 Å². The van der Waals surface area contributed by atoms with Crippen LogP contribution in [-0.4, -0.2) is 16.8 Å². The number of carbonyl (C=O) groups is 2. The number of hydrogen-bond acceptors (Lipinski definition) is 4. The third-order valence-corrected chi connectivity index (χ3v) is 5.53. The Morgan fingerprint density at radius 3 is 2.72 bits per heavy atom. The summed E-state index contributed by atoms with van der Waals surface area (Å²) in [6.07, 6.45) is 4.37. The maximum absolute atomic E-state index is 12.3. The molecule has 1 aliphatic carbocycles. The first-order valence-electron chi connectivity index (χ1n) is 8.64. The van der Waals surface area contributed by atoms with Crippen LogP contribution in [-0.2, 0) is 16.0 Å². The van der Waals surface area contributed by atoms with Crippen molar-refractivity contribution in [2.75, 3.05) is 10.6 Å². The van der Waals surface area contributed by atoms with Gasteiger partial charge in [0.2, 0.25) is 11.8 Å². The highest BCUT2D eigenvalue weighted by atomic mass is 32.1. The van der Waals surface area contributed by atoms with Gasteiger partial charge in [0.05, 0.1) is 12.1 Å². The van der Waals surface area contributed by atoms with Crippen LogP contribution in [0, 0.1) is 19.8 Å². The number of carbonyl (C=O) groups excluding carboxylic acids is 2. The number of nitrogens with zero attached hydrogens (tertiary/aromatic N) is 1. The molecule has 2 amide bonds. The average molecular weight is 357 g/mol. The number of nitrogens with one attached hydrogen (secondary N) is 2. The molecule has 1 saturated carbocycles. The van der Waals surface area contributed by atoms with E-state index in [2.05, 4.69) is 15.6 Å². The zero-order valence-corrected chi connectivity index (χ0v) is 15.4. The molecule has 0 bridgehead atoms. The molecule has 0 atom stereocenters. The van der Waals surface area contributed by atoms with E-state index in [1.54, 1.807) is 0 Å². The lowest BCUT2D eigenvalue weighted by molar-refractivity contribution is -0.119. The van der Waals surface area contributed by atoms with E-state index in [1.165, 1.54) is 11.3 Å². The number of rotatable bonds is 5. The summed E-state index contributed by atoms with van der Waals surface area (Å²) in [5.41, 5.74) is 3.71. The number of amides is 2. The second kappa shape index (κ2) is 7.78. The molecule has 1 fully saturated rings. The first-order chi connectivity index (χ1) is 12.0. The average Bonchev–Trinajstić information content (AvgIpc) is 3.24. The smallest absolute Gasteiger partial charge is 0.230 e. The summed E-state index contributed by atoms with van der Waals surface area (Å²) < 4.78 is 0. The Kier molecular flexibility index (Phi) is 5.48.